The van der Waals surface area contributed by atoms with E-state index in [2.05, 4.69) is 5.32 Å². The van der Waals surface area contributed by atoms with Gasteiger partial charge in [-0.1, -0.05) is 12.1 Å². The third-order valence-electron chi connectivity index (χ3n) is 3.39. The van der Waals surface area contributed by atoms with Crippen LogP contribution >= 0.6 is 11.3 Å². The Bertz CT molecular complexity index is 1020. The number of esters is 1. The first kappa shape index (κ1) is 17.5. The van der Waals surface area contributed by atoms with Crippen LogP contribution in [0.1, 0.15) is 9.67 Å². The topological polar surface area (TPSA) is 98.5 Å². The Morgan fingerprint density at radius 3 is 2.73 bits per heavy atom. The number of nitro benzene ring substituents is 1. The number of halogens is 1. The lowest BCUT2D eigenvalue weighted by molar-refractivity contribution is -0.383. The van der Waals surface area contributed by atoms with E-state index < -0.39 is 29.2 Å². The molecule has 1 aromatic heterocycles. The van der Waals surface area contributed by atoms with Gasteiger partial charge in [-0.05, 0) is 35.7 Å². The monoisotopic (exact) mass is 374 g/mol. The second-order valence-electron chi connectivity index (χ2n) is 5.19. The summed E-state index contributed by atoms with van der Waals surface area (Å²) in [6.07, 6.45) is 0. The van der Waals surface area contributed by atoms with Crippen LogP contribution in [0.25, 0.3) is 10.1 Å². The average molecular weight is 374 g/mol. The quantitative estimate of drug-likeness (QED) is 0.417. The molecule has 0 aliphatic carbocycles. The predicted octanol–water partition coefficient (Wildman–Crippen LogP) is 3.74. The fourth-order valence-electron chi connectivity index (χ4n) is 2.24. The van der Waals surface area contributed by atoms with Crippen molar-refractivity contribution in [2.24, 2.45) is 0 Å². The number of carbonyl (C=O) groups is 2. The van der Waals surface area contributed by atoms with Gasteiger partial charge >= 0.3 is 5.97 Å². The van der Waals surface area contributed by atoms with Gasteiger partial charge in [-0.15, -0.1) is 11.3 Å². The van der Waals surface area contributed by atoms with Crippen LogP contribution in [0.5, 0.6) is 0 Å². The molecule has 0 aliphatic heterocycles. The molecule has 132 valence electrons. The van der Waals surface area contributed by atoms with E-state index in [1.54, 1.807) is 6.07 Å². The Hall–Kier alpha value is -3.33. The number of fused-ring (bicyclic) bond motifs is 1. The molecule has 0 atom stereocenters. The maximum atomic E-state index is 13.2. The molecule has 26 heavy (non-hydrogen) atoms. The first-order valence-corrected chi connectivity index (χ1v) is 8.15. The molecular weight excluding hydrogens is 363 g/mol. The Labute approximate surface area is 150 Å². The van der Waals surface area contributed by atoms with Gasteiger partial charge in [0.05, 0.1) is 4.92 Å². The molecule has 0 spiro atoms. The standard InChI is InChI=1S/C17H11FN2O5S/c18-11-5-6-14-10(7-11)8-15(26-14)17(22)25-9-16(21)19-12-3-1-2-4-13(12)20(23)24/h1-8H,9H2,(H,19,21). The highest BCUT2D eigenvalue weighted by atomic mass is 32.1. The van der Waals surface area contributed by atoms with Gasteiger partial charge in [0.15, 0.2) is 6.61 Å². The first-order chi connectivity index (χ1) is 12.4. The number of anilines is 1. The molecule has 9 heteroatoms. The summed E-state index contributed by atoms with van der Waals surface area (Å²) in [5.74, 6) is -1.86. The lowest BCUT2D eigenvalue weighted by atomic mass is 10.2. The number of nitrogens with one attached hydrogen (secondary N) is 1. The first-order valence-electron chi connectivity index (χ1n) is 7.33. The number of benzene rings is 2. The summed E-state index contributed by atoms with van der Waals surface area (Å²) in [6.45, 7) is -0.604. The number of thiophene rings is 1. The number of rotatable bonds is 5. The van der Waals surface area contributed by atoms with Crippen molar-refractivity contribution in [1.82, 2.24) is 0 Å². The van der Waals surface area contributed by atoms with Gasteiger partial charge in [0.2, 0.25) is 0 Å². The molecule has 1 heterocycles. The van der Waals surface area contributed by atoms with E-state index >= 15 is 0 Å². The minimum Gasteiger partial charge on any atom is -0.451 e. The Balaban J connectivity index is 1.63. The third kappa shape index (κ3) is 3.83. The van der Waals surface area contributed by atoms with Crippen LogP contribution in [0.4, 0.5) is 15.8 Å². The highest BCUT2D eigenvalue weighted by Crippen LogP contribution is 2.27. The number of nitro groups is 1. The highest BCUT2D eigenvalue weighted by molar-refractivity contribution is 7.20. The predicted molar refractivity (Wildman–Crippen MR) is 93.8 cm³/mol. The summed E-state index contributed by atoms with van der Waals surface area (Å²) >= 11 is 1.11. The lowest BCUT2D eigenvalue weighted by Gasteiger charge is -2.06. The van der Waals surface area contributed by atoms with Crippen LogP contribution < -0.4 is 5.32 Å². The summed E-state index contributed by atoms with van der Waals surface area (Å²) < 4.78 is 18.8. The Kier molecular flexibility index (Phi) is 4.90. The summed E-state index contributed by atoms with van der Waals surface area (Å²) in [5.41, 5.74) is -0.255. The number of carbonyl (C=O) groups excluding carboxylic acids is 2. The number of nitrogens with zero attached hydrogens (tertiary/aromatic N) is 1. The zero-order valence-electron chi connectivity index (χ0n) is 13.1. The van der Waals surface area contributed by atoms with Gasteiger partial charge in [-0.3, -0.25) is 14.9 Å². The van der Waals surface area contributed by atoms with Crippen molar-refractivity contribution in [3.63, 3.8) is 0 Å². The van der Waals surface area contributed by atoms with Gasteiger partial charge < -0.3 is 10.1 Å². The Morgan fingerprint density at radius 1 is 1.19 bits per heavy atom. The summed E-state index contributed by atoms with van der Waals surface area (Å²) in [5, 5.41) is 13.8. The summed E-state index contributed by atoms with van der Waals surface area (Å²) in [6, 6.07) is 11.2. The van der Waals surface area contributed by atoms with Crippen LogP contribution in [0.15, 0.2) is 48.5 Å². The molecule has 0 bridgehead atoms. The average Bonchev–Trinajstić information content (AvgIpc) is 3.03. The number of amides is 1. The zero-order chi connectivity index (χ0) is 18.7. The Morgan fingerprint density at radius 2 is 1.96 bits per heavy atom. The molecule has 1 N–H and O–H groups in total. The van der Waals surface area contributed by atoms with E-state index in [-0.39, 0.29) is 16.3 Å². The van der Waals surface area contributed by atoms with Crippen molar-refractivity contribution in [1.29, 1.82) is 0 Å². The molecule has 0 saturated carbocycles. The van der Waals surface area contributed by atoms with E-state index in [0.29, 0.717) is 10.1 Å². The third-order valence-corrected chi connectivity index (χ3v) is 4.48. The van der Waals surface area contributed by atoms with Crippen LogP contribution in [0.3, 0.4) is 0 Å². The molecular formula is C17H11FN2O5S. The summed E-state index contributed by atoms with van der Waals surface area (Å²) in [7, 11) is 0. The van der Waals surface area contributed by atoms with Crippen molar-refractivity contribution >= 4 is 44.7 Å². The normalized spacial score (nSPS) is 10.5. The van der Waals surface area contributed by atoms with Crippen molar-refractivity contribution in [3.05, 3.63) is 69.3 Å². The number of hydrogen-bond acceptors (Lipinski definition) is 6. The van der Waals surface area contributed by atoms with Gasteiger partial charge in [-0.2, -0.15) is 0 Å². The molecule has 0 radical (unpaired) electrons. The molecule has 7 nitrogen and oxygen atoms in total. The maximum absolute atomic E-state index is 13.2. The molecule has 1 amide bonds. The molecule has 2 aromatic carbocycles. The van der Waals surface area contributed by atoms with Crippen molar-refractivity contribution in [2.75, 3.05) is 11.9 Å². The molecule has 0 saturated heterocycles. The van der Waals surface area contributed by atoms with E-state index in [1.165, 1.54) is 42.5 Å². The minimum atomic E-state index is -0.732. The fraction of sp³-hybridized carbons (Fsp3) is 0.0588. The van der Waals surface area contributed by atoms with Crippen LogP contribution in [0, 0.1) is 15.9 Å². The highest BCUT2D eigenvalue weighted by Gasteiger charge is 2.17. The number of para-hydroxylation sites is 2. The van der Waals surface area contributed by atoms with Gasteiger partial charge in [0.25, 0.3) is 11.6 Å². The molecule has 3 rings (SSSR count). The molecule has 3 aromatic rings. The van der Waals surface area contributed by atoms with Crippen LogP contribution in [-0.4, -0.2) is 23.4 Å². The van der Waals surface area contributed by atoms with Gasteiger partial charge in [-0.25, -0.2) is 9.18 Å². The number of ether oxygens (including phenoxy) is 1. The van der Waals surface area contributed by atoms with E-state index in [4.69, 9.17) is 4.74 Å². The SMILES string of the molecule is O=C(COC(=O)c1cc2cc(F)ccc2s1)Nc1ccccc1[N+](=O)[O-]. The van der Waals surface area contributed by atoms with Crippen LogP contribution in [-0.2, 0) is 9.53 Å². The van der Waals surface area contributed by atoms with Crippen molar-refractivity contribution in [3.8, 4) is 0 Å². The van der Waals surface area contributed by atoms with Gasteiger partial charge in [0, 0.05) is 10.8 Å². The molecule has 0 fully saturated rings. The van der Waals surface area contributed by atoms with Crippen molar-refractivity contribution in [2.45, 2.75) is 0 Å². The van der Waals surface area contributed by atoms with E-state index in [9.17, 15) is 24.1 Å². The maximum Gasteiger partial charge on any atom is 0.348 e. The van der Waals surface area contributed by atoms with E-state index in [1.807, 2.05) is 0 Å². The fourth-order valence-corrected chi connectivity index (χ4v) is 3.18. The van der Waals surface area contributed by atoms with Crippen molar-refractivity contribution < 1.29 is 23.6 Å². The molecule has 0 unspecified atom stereocenters. The zero-order valence-corrected chi connectivity index (χ0v) is 13.9. The minimum absolute atomic E-state index is 0.0101. The molecule has 0 aliphatic rings. The lowest BCUT2D eigenvalue weighted by Crippen LogP contribution is -2.21. The smallest absolute Gasteiger partial charge is 0.348 e. The van der Waals surface area contributed by atoms with Crippen LogP contribution in [0.2, 0.25) is 0 Å². The second-order valence-corrected chi connectivity index (χ2v) is 6.28. The van der Waals surface area contributed by atoms with Gasteiger partial charge in [0.1, 0.15) is 16.4 Å². The number of hydrogen-bond donors (Lipinski definition) is 1. The summed E-state index contributed by atoms with van der Waals surface area (Å²) in [4.78, 5) is 34.4. The largest absolute Gasteiger partial charge is 0.451 e. The second kappa shape index (κ2) is 7.28. The van der Waals surface area contributed by atoms with E-state index in [0.717, 1.165) is 11.3 Å².